The zero-order valence-corrected chi connectivity index (χ0v) is 11.3. The van der Waals surface area contributed by atoms with Gasteiger partial charge in [0.1, 0.15) is 6.61 Å². The van der Waals surface area contributed by atoms with Gasteiger partial charge in [-0.1, -0.05) is 23.2 Å². The maximum absolute atomic E-state index is 6.03. The smallest absolute Gasteiger partial charge is 0.157 e. The van der Waals surface area contributed by atoms with Crippen molar-refractivity contribution in [1.29, 1.82) is 0 Å². The van der Waals surface area contributed by atoms with E-state index in [-0.39, 0.29) is 0 Å². The fraction of sp³-hybridized carbons (Fsp3) is 0.154. The highest BCUT2D eigenvalue weighted by Crippen LogP contribution is 2.35. The Morgan fingerprint density at radius 2 is 1.83 bits per heavy atom. The first-order valence-corrected chi connectivity index (χ1v) is 6.09. The molecule has 0 bridgehead atoms. The molecule has 0 saturated carbocycles. The average Bonchev–Trinajstić information content (AvgIpc) is 2.27. The van der Waals surface area contributed by atoms with E-state index < -0.39 is 0 Å². The summed E-state index contributed by atoms with van der Waals surface area (Å²) < 4.78 is 5.60. The van der Waals surface area contributed by atoms with Crippen LogP contribution in [0.3, 0.4) is 0 Å². The Balaban J connectivity index is 2.16. The van der Waals surface area contributed by atoms with Crippen LogP contribution in [0.5, 0.6) is 5.75 Å². The average molecular weight is 283 g/mol. The first-order chi connectivity index (χ1) is 8.56. The second-order valence-corrected chi connectivity index (χ2v) is 4.79. The Hall–Kier alpha value is -1.45. The van der Waals surface area contributed by atoms with E-state index in [1.807, 2.05) is 13.0 Å². The van der Waals surface area contributed by atoms with Gasteiger partial charge in [0.05, 0.1) is 10.0 Å². The Morgan fingerprint density at radius 1 is 1.17 bits per heavy atom. The van der Waals surface area contributed by atoms with Gasteiger partial charge in [-0.15, -0.1) is 0 Å². The van der Waals surface area contributed by atoms with Gasteiger partial charge in [0, 0.05) is 23.6 Å². The van der Waals surface area contributed by atoms with E-state index in [2.05, 4.69) is 4.98 Å². The molecule has 0 aliphatic carbocycles. The van der Waals surface area contributed by atoms with Crippen molar-refractivity contribution < 1.29 is 4.74 Å². The Kier molecular flexibility index (Phi) is 3.94. The van der Waals surface area contributed by atoms with Crippen LogP contribution in [0.4, 0.5) is 5.69 Å². The third kappa shape index (κ3) is 3.06. The largest absolute Gasteiger partial charge is 0.486 e. The van der Waals surface area contributed by atoms with E-state index in [9.17, 15) is 0 Å². The lowest BCUT2D eigenvalue weighted by atomic mass is 10.2. The van der Waals surface area contributed by atoms with Crippen LogP contribution in [0, 0.1) is 6.92 Å². The van der Waals surface area contributed by atoms with Gasteiger partial charge in [0.15, 0.2) is 5.75 Å². The standard InChI is InChI=1S/C13H12Cl2N2O/c1-8-2-9(6-17-5-8)7-18-13-11(14)3-10(16)4-12(13)15/h2-6H,7,16H2,1H3. The third-order valence-corrected chi connectivity index (χ3v) is 2.90. The second-order valence-electron chi connectivity index (χ2n) is 3.97. The number of pyridine rings is 1. The molecule has 94 valence electrons. The molecule has 2 aromatic rings. The van der Waals surface area contributed by atoms with E-state index in [0.717, 1.165) is 11.1 Å². The summed E-state index contributed by atoms with van der Waals surface area (Å²) in [6, 6.07) is 5.21. The van der Waals surface area contributed by atoms with Crippen LogP contribution in [-0.2, 0) is 6.61 Å². The van der Waals surface area contributed by atoms with E-state index in [1.54, 1.807) is 24.5 Å². The van der Waals surface area contributed by atoms with Crippen LogP contribution < -0.4 is 10.5 Å². The molecule has 0 aliphatic heterocycles. The maximum Gasteiger partial charge on any atom is 0.157 e. The third-order valence-electron chi connectivity index (χ3n) is 2.34. The zero-order valence-electron chi connectivity index (χ0n) is 9.78. The summed E-state index contributed by atoms with van der Waals surface area (Å²) in [5.74, 6) is 0.439. The van der Waals surface area contributed by atoms with Crippen LogP contribution in [0.15, 0.2) is 30.6 Å². The lowest BCUT2D eigenvalue weighted by Gasteiger charge is -2.10. The molecular weight excluding hydrogens is 271 g/mol. The number of benzene rings is 1. The molecule has 5 heteroatoms. The summed E-state index contributed by atoms with van der Waals surface area (Å²) in [4.78, 5) is 4.09. The summed E-state index contributed by atoms with van der Waals surface area (Å²) in [6.45, 7) is 2.33. The van der Waals surface area contributed by atoms with Gasteiger partial charge < -0.3 is 10.5 Å². The Labute approximate surface area is 115 Å². The van der Waals surface area contributed by atoms with Crippen molar-refractivity contribution in [1.82, 2.24) is 4.98 Å². The minimum Gasteiger partial charge on any atom is -0.486 e. The molecule has 0 saturated heterocycles. The van der Waals surface area contributed by atoms with Crippen molar-refractivity contribution in [2.24, 2.45) is 0 Å². The van der Waals surface area contributed by atoms with E-state index in [4.69, 9.17) is 33.7 Å². The highest BCUT2D eigenvalue weighted by molar-refractivity contribution is 6.37. The van der Waals surface area contributed by atoms with E-state index in [1.165, 1.54) is 0 Å². The molecule has 0 aliphatic rings. The summed E-state index contributed by atoms with van der Waals surface area (Å²) in [7, 11) is 0. The number of aryl methyl sites for hydroxylation is 1. The molecule has 2 rings (SSSR count). The highest BCUT2D eigenvalue weighted by Gasteiger charge is 2.09. The van der Waals surface area contributed by atoms with Gasteiger partial charge in [-0.3, -0.25) is 4.98 Å². The van der Waals surface area contributed by atoms with Crippen molar-refractivity contribution in [3.05, 3.63) is 51.8 Å². The van der Waals surface area contributed by atoms with Gasteiger partial charge in [0.25, 0.3) is 0 Å². The van der Waals surface area contributed by atoms with Crippen molar-refractivity contribution in [3.63, 3.8) is 0 Å². The molecule has 2 N–H and O–H groups in total. The van der Waals surface area contributed by atoms with Crippen LogP contribution >= 0.6 is 23.2 Å². The Bertz CT molecular complexity index is 550. The first kappa shape index (κ1) is 13.0. The number of hydrogen-bond donors (Lipinski definition) is 1. The summed E-state index contributed by atoms with van der Waals surface area (Å²) in [5, 5.41) is 0.807. The molecule has 0 fully saturated rings. The minimum atomic E-state index is 0.359. The number of aromatic nitrogens is 1. The molecular formula is C13H12Cl2N2O. The van der Waals surface area contributed by atoms with Crippen molar-refractivity contribution >= 4 is 28.9 Å². The molecule has 0 amide bonds. The fourth-order valence-electron chi connectivity index (χ4n) is 1.57. The molecule has 0 radical (unpaired) electrons. The molecule has 18 heavy (non-hydrogen) atoms. The lowest BCUT2D eigenvalue weighted by Crippen LogP contribution is -1.98. The molecule has 1 heterocycles. The van der Waals surface area contributed by atoms with Gasteiger partial charge >= 0.3 is 0 Å². The zero-order chi connectivity index (χ0) is 13.1. The van der Waals surface area contributed by atoms with E-state index >= 15 is 0 Å². The topological polar surface area (TPSA) is 48.1 Å². The number of halogens is 2. The number of hydrogen-bond acceptors (Lipinski definition) is 3. The highest BCUT2D eigenvalue weighted by atomic mass is 35.5. The summed E-state index contributed by atoms with van der Waals surface area (Å²) >= 11 is 12.1. The van der Waals surface area contributed by atoms with Crippen LogP contribution in [0.25, 0.3) is 0 Å². The van der Waals surface area contributed by atoms with Crippen LogP contribution in [-0.4, -0.2) is 4.98 Å². The molecule has 0 unspecified atom stereocenters. The predicted octanol–water partition coefficient (Wildman–Crippen LogP) is 3.86. The Morgan fingerprint density at radius 3 is 2.44 bits per heavy atom. The summed E-state index contributed by atoms with van der Waals surface area (Å²) in [6.07, 6.45) is 3.53. The number of rotatable bonds is 3. The predicted molar refractivity (Wildman–Crippen MR) is 74.2 cm³/mol. The number of nitrogens with zero attached hydrogens (tertiary/aromatic N) is 1. The quantitative estimate of drug-likeness (QED) is 0.870. The van der Waals surface area contributed by atoms with Crippen molar-refractivity contribution in [2.75, 3.05) is 5.73 Å². The normalized spacial score (nSPS) is 10.4. The van der Waals surface area contributed by atoms with Crippen LogP contribution in [0.1, 0.15) is 11.1 Å². The monoisotopic (exact) mass is 282 g/mol. The van der Waals surface area contributed by atoms with Crippen molar-refractivity contribution in [2.45, 2.75) is 13.5 Å². The number of anilines is 1. The van der Waals surface area contributed by atoms with E-state index in [0.29, 0.717) is 28.1 Å². The first-order valence-electron chi connectivity index (χ1n) is 5.34. The van der Waals surface area contributed by atoms with Gasteiger partial charge in [-0.05, 0) is 30.7 Å². The second kappa shape index (κ2) is 5.46. The summed E-state index contributed by atoms with van der Waals surface area (Å²) in [5.41, 5.74) is 8.16. The SMILES string of the molecule is Cc1cncc(COc2c(Cl)cc(N)cc2Cl)c1. The maximum atomic E-state index is 6.03. The van der Waals surface area contributed by atoms with Gasteiger partial charge in [-0.25, -0.2) is 0 Å². The number of nitrogens with two attached hydrogens (primary N) is 1. The van der Waals surface area contributed by atoms with Crippen LogP contribution in [0.2, 0.25) is 10.0 Å². The number of ether oxygens (including phenoxy) is 1. The minimum absolute atomic E-state index is 0.359. The molecule has 1 aromatic heterocycles. The fourth-order valence-corrected chi connectivity index (χ4v) is 2.18. The van der Waals surface area contributed by atoms with Gasteiger partial charge in [0.2, 0.25) is 0 Å². The number of nitrogen functional groups attached to an aromatic ring is 1. The molecule has 1 aromatic carbocycles. The molecule has 0 atom stereocenters. The van der Waals surface area contributed by atoms with Crippen molar-refractivity contribution in [3.8, 4) is 5.75 Å². The lowest BCUT2D eigenvalue weighted by molar-refractivity contribution is 0.306. The molecule has 3 nitrogen and oxygen atoms in total. The van der Waals surface area contributed by atoms with Gasteiger partial charge in [-0.2, -0.15) is 0 Å². The molecule has 0 spiro atoms.